The summed E-state index contributed by atoms with van der Waals surface area (Å²) in [4.78, 5) is 24.4. The predicted molar refractivity (Wildman–Crippen MR) is 136 cm³/mol. The number of hydrogen-bond donors (Lipinski definition) is 3. The zero-order chi connectivity index (χ0) is 23.5. The molecule has 0 radical (unpaired) electrons. The van der Waals surface area contributed by atoms with Gasteiger partial charge >= 0.3 is 0 Å². The highest BCUT2D eigenvalue weighted by molar-refractivity contribution is 6.07. The van der Waals surface area contributed by atoms with Gasteiger partial charge in [-0.2, -0.15) is 0 Å². The smallest absolute Gasteiger partial charge is 0.259 e. The highest BCUT2D eigenvalue weighted by Gasteiger charge is 2.27. The summed E-state index contributed by atoms with van der Waals surface area (Å²) in [6, 6.07) is 13.9. The number of rotatable bonds is 6. The molecular weight excluding hydrogens is 424 g/mol. The van der Waals surface area contributed by atoms with E-state index in [0.717, 1.165) is 43.2 Å². The van der Waals surface area contributed by atoms with Gasteiger partial charge in [-0.1, -0.05) is 19.9 Å². The van der Waals surface area contributed by atoms with E-state index in [0.29, 0.717) is 17.9 Å². The molecule has 1 aromatic carbocycles. The van der Waals surface area contributed by atoms with Crippen LogP contribution in [-0.2, 0) is 18.5 Å². The highest BCUT2D eigenvalue weighted by Crippen LogP contribution is 2.31. The Kier molecular flexibility index (Phi) is 6.20. The van der Waals surface area contributed by atoms with Gasteiger partial charge in [0.1, 0.15) is 11.6 Å². The molecule has 1 amide bonds. The third kappa shape index (κ3) is 4.75. The molecule has 0 spiro atoms. The second kappa shape index (κ2) is 9.43. The third-order valence-electron chi connectivity index (χ3n) is 6.73. The highest BCUT2D eigenvalue weighted by atomic mass is 16.1. The number of hydrogen-bond acceptors (Lipinski definition) is 6. The number of carbonyl (C=O) groups excluding carboxylic acids is 1. The van der Waals surface area contributed by atoms with Gasteiger partial charge < -0.3 is 20.9 Å². The maximum atomic E-state index is 13.1. The molecule has 3 N–H and O–H groups in total. The first-order valence-electron chi connectivity index (χ1n) is 12.0. The average molecular weight is 457 g/mol. The van der Waals surface area contributed by atoms with Crippen LogP contribution in [0.1, 0.15) is 53.7 Å². The molecule has 4 heterocycles. The predicted octanol–water partition coefficient (Wildman–Crippen LogP) is 4.32. The number of carbonyl (C=O) groups is 1. The van der Waals surface area contributed by atoms with Crippen molar-refractivity contribution in [2.24, 2.45) is 0 Å². The Morgan fingerprint density at radius 3 is 2.79 bits per heavy atom. The maximum Gasteiger partial charge on any atom is 0.259 e. The largest absolute Gasteiger partial charge is 0.365 e. The second-order valence-corrected chi connectivity index (χ2v) is 9.78. The number of nitrogens with zero attached hydrogens (tertiary/aromatic N) is 3. The standard InChI is InChI=1S/C27H32N6O/c1-27(2)18-28-17-20-15-21(7-8-23(20)27)32-26(34)22-6-5-10-30-25(22)31-16-19-9-11-29-24(14-19)33-12-3-4-13-33/h5-11,14-15,28H,3-4,12-13,16-18H2,1-2H3,(H,30,31)(H,32,34). The SMILES string of the molecule is CC1(C)CNCc2cc(NC(=O)c3cccnc3NCc3ccnc(N4CCCC4)c3)ccc21. The molecule has 0 saturated carbocycles. The Morgan fingerprint density at radius 2 is 1.94 bits per heavy atom. The fraction of sp³-hybridized carbons (Fsp3) is 0.370. The van der Waals surface area contributed by atoms with Gasteiger partial charge in [-0.15, -0.1) is 0 Å². The van der Waals surface area contributed by atoms with Crippen molar-refractivity contribution in [2.75, 3.05) is 35.2 Å². The van der Waals surface area contributed by atoms with Crippen LogP contribution >= 0.6 is 0 Å². The van der Waals surface area contributed by atoms with E-state index in [1.807, 2.05) is 18.3 Å². The molecular formula is C27H32N6O. The van der Waals surface area contributed by atoms with Crippen LogP contribution in [0.25, 0.3) is 0 Å². The van der Waals surface area contributed by atoms with Crippen LogP contribution in [0.2, 0.25) is 0 Å². The maximum absolute atomic E-state index is 13.1. The summed E-state index contributed by atoms with van der Waals surface area (Å²) in [6.07, 6.45) is 5.99. The Morgan fingerprint density at radius 1 is 1.09 bits per heavy atom. The van der Waals surface area contributed by atoms with Crippen molar-refractivity contribution in [1.82, 2.24) is 15.3 Å². The van der Waals surface area contributed by atoms with Crippen LogP contribution in [-0.4, -0.2) is 35.5 Å². The molecule has 1 fully saturated rings. The van der Waals surface area contributed by atoms with E-state index in [1.165, 1.54) is 24.0 Å². The van der Waals surface area contributed by atoms with E-state index in [2.05, 4.69) is 62.9 Å². The van der Waals surface area contributed by atoms with Crippen LogP contribution in [0.3, 0.4) is 0 Å². The summed E-state index contributed by atoms with van der Waals surface area (Å²) in [5, 5.41) is 9.87. The fourth-order valence-electron chi connectivity index (χ4n) is 4.89. The molecule has 0 aliphatic carbocycles. The molecule has 5 rings (SSSR count). The van der Waals surface area contributed by atoms with Crippen molar-refractivity contribution in [3.8, 4) is 0 Å². The van der Waals surface area contributed by atoms with Gasteiger partial charge in [-0.05, 0) is 65.9 Å². The van der Waals surface area contributed by atoms with Crippen LogP contribution in [0.5, 0.6) is 0 Å². The molecule has 0 unspecified atom stereocenters. The lowest BCUT2D eigenvalue weighted by Gasteiger charge is -2.33. The monoisotopic (exact) mass is 456 g/mol. The average Bonchev–Trinajstić information content (AvgIpc) is 3.38. The van der Waals surface area contributed by atoms with Crippen LogP contribution in [0.15, 0.2) is 54.9 Å². The summed E-state index contributed by atoms with van der Waals surface area (Å²) >= 11 is 0. The minimum Gasteiger partial charge on any atom is -0.365 e. The Hall–Kier alpha value is -3.45. The van der Waals surface area contributed by atoms with Gasteiger partial charge in [0, 0.05) is 56.2 Å². The van der Waals surface area contributed by atoms with Crippen LogP contribution in [0.4, 0.5) is 17.3 Å². The van der Waals surface area contributed by atoms with Crippen molar-refractivity contribution < 1.29 is 4.79 Å². The molecule has 34 heavy (non-hydrogen) atoms. The number of amides is 1. The van der Waals surface area contributed by atoms with E-state index >= 15 is 0 Å². The lowest BCUT2D eigenvalue weighted by atomic mass is 9.79. The number of aromatic nitrogens is 2. The van der Waals surface area contributed by atoms with Gasteiger partial charge in [0.15, 0.2) is 0 Å². The number of benzene rings is 1. The first-order valence-corrected chi connectivity index (χ1v) is 12.0. The Balaban J connectivity index is 1.29. The van der Waals surface area contributed by atoms with Crippen molar-refractivity contribution in [2.45, 2.75) is 45.2 Å². The van der Waals surface area contributed by atoms with Crippen molar-refractivity contribution >= 4 is 23.2 Å². The second-order valence-electron chi connectivity index (χ2n) is 9.78. The zero-order valence-electron chi connectivity index (χ0n) is 19.9. The molecule has 7 nitrogen and oxygen atoms in total. The molecule has 3 aromatic rings. The van der Waals surface area contributed by atoms with E-state index in [9.17, 15) is 4.79 Å². The van der Waals surface area contributed by atoms with Crippen molar-refractivity contribution in [3.05, 3.63) is 77.1 Å². The molecule has 2 aromatic heterocycles. The summed E-state index contributed by atoms with van der Waals surface area (Å²) < 4.78 is 0. The topological polar surface area (TPSA) is 82.2 Å². The van der Waals surface area contributed by atoms with Gasteiger partial charge in [0.2, 0.25) is 0 Å². The Labute approximate surface area is 201 Å². The molecule has 0 bridgehead atoms. The number of pyridine rings is 2. The molecule has 2 aliphatic rings. The van der Waals surface area contributed by atoms with Crippen molar-refractivity contribution in [1.29, 1.82) is 0 Å². The van der Waals surface area contributed by atoms with Gasteiger partial charge in [0.05, 0.1) is 5.56 Å². The van der Waals surface area contributed by atoms with Gasteiger partial charge in [-0.25, -0.2) is 9.97 Å². The molecule has 2 aliphatic heterocycles. The minimum absolute atomic E-state index is 0.0815. The molecule has 0 atom stereocenters. The van der Waals surface area contributed by atoms with E-state index < -0.39 is 0 Å². The molecule has 1 saturated heterocycles. The van der Waals surface area contributed by atoms with Crippen molar-refractivity contribution in [3.63, 3.8) is 0 Å². The van der Waals surface area contributed by atoms with E-state index in [-0.39, 0.29) is 11.3 Å². The van der Waals surface area contributed by atoms with E-state index in [1.54, 1.807) is 18.3 Å². The normalized spacial score (nSPS) is 16.7. The van der Waals surface area contributed by atoms with E-state index in [4.69, 9.17) is 0 Å². The minimum atomic E-state index is -0.175. The summed E-state index contributed by atoms with van der Waals surface area (Å²) in [5.41, 5.74) is 5.07. The Bertz CT molecular complexity index is 1190. The quantitative estimate of drug-likeness (QED) is 0.512. The first kappa shape index (κ1) is 22.3. The number of nitrogens with one attached hydrogen (secondary N) is 3. The summed E-state index contributed by atoms with van der Waals surface area (Å²) in [6.45, 7) is 8.93. The molecule has 176 valence electrons. The fourth-order valence-corrected chi connectivity index (χ4v) is 4.89. The zero-order valence-corrected chi connectivity index (χ0v) is 19.9. The first-order chi connectivity index (χ1) is 16.5. The van der Waals surface area contributed by atoms with Gasteiger partial charge in [-0.3, -0.25) is 4.79 Å². The lowest BCUT2D eigenvalue weighted by Crippen LogP contribution is -2.38. The summed E-state index contributed by atoms with van der Waals surface area (Å²) in [5.74, 6) is 1.41. The third-order valence-corrected chi connectivity index (χ3v) is 6.73. The molecule has 7 heteroatoms. The van der Waals surface area contributed by atoms with Crippen LogP contribution < -0.4 is 20.9 Å². The van der Waals surface area contributed by atoms with Gasteiger partial charge in [0.25, 0.3) is 5.91 Å². The number of fused-ring (bicyclic) bond motifs is 1. The lowest BCUT2D eigenvalue weighted by molar-refractivity contribution is 0.102. The number of anilines is 3. The summed E-state index contributed by atoms with van der Waals surface area (Å²) in [7, 11) is 0. The van der Waals surface area contributed by atoms with Crippen LogP contribution in [0, 0.1) is 0 Å².